The highest BCUT2D eigenvalue weighted by molar-refractivity contribution is 6.07. The molecule has 8 nitrogen and oxygen atoms in total. The third kappa shape index (κ3) is 4.77. The molecule has 1 aliphatic carbocycles. The third-order valence-electron chi connectivity index (χ3n) is 5.63. The number of likely N-dealkylation sites (N-methyl/N-ethyl adjacent to an activating group) is 1. The van der Waals surface area contributed by atoms with E-state index in [1.54, 1.807) is 31.3 Å². The first kappa shape index (κ1) is 22.1. The van der Waals surface area contributed by atoms with Crippen LogP contribution in [0.2, 0.25) is 0 Å². The van der Waals surface area contributed by atoms with Crippen LogP contribution in [0.5, 0.6) is 0 Å². The Morgan fingerprint density at radius 3 is 2.52 bits per heavy atom. The Morgan fingerprint density at radius 2 is 1.87 bits per heavy atom. The Balaban J connectivity index is 1.70. The van der Waals surface area contributed by atoms with Gasteiger partial charge in [-0.3, -0.25) is 9.59 Å². The Bertz CT molecular complexity index is 987. The molecule has 1 aromatic heterocycles. The highest BCUT2D eigenvalue weighted by atomic mass is 16.5. The van der Waals surface area contributed by atoms with Gasteiger partial charge in [-0.05, 0) is 44.0 Å². The maximum atomic E-state index is 12.9. The van der Waals surface area contributed by atoms with Gasteiger partial charge in [-0.2, -0.15) is 5.26 Å². The second kappa shape index (κ2) is 9.47. The first-order valence-electron chi connectivity index (χ1n) is 10.2. The summed E-state index contributed by atoms with van der Waals surface area (Å²) < 4.78 is 10.5. The van der Waals surface area contributed by atoms with E-state index in [-0.39, 0.29) is 17.0 Å². The topological polar surface area (TPSA) is 113 Å². The first-order chi connectivity index (χ1) is 14.9. The van der Waals surface area contributed by atoms with Crippen LogP contribution in [0, 0.1) is 11.3 Å². The zero-order chi connectivity index (χ0) is 22.4. The number of ether oxygens (including phenoxy) is 1. The number of hydrogen-bond acceptors (Lipinski definition) is 6. The largest absolute Gasteiger partial charge is 0.459 e. The number of nitrogens with one attached hydrogen (secondary N) is 1. The lowest BCUT2D eigenvalue weighted by atomic mass is 9.81. The van der Waals surface area contributed by atoms with Crippen molar-refractivity contribution in [1.29, 1.82) is 5.26 Å². The van der Waals surface area contributed by atoms with Crippen molar-refractivity contribution in [3.05, 3.63) is 54.0 Å². The molecule has 1 fully saturated rings. The molecule has 162 valence electrons. The van der Waals surface area contributed by atoms with Crippen molar-refractivity contribution in [2.24, 2.45) is 0 Å². The monoisotopic (exact) mass is 423 g/mol. The number of anilines is 1. The summed E-state index contributed by atoms with van der Waals surface area (Å²) in [4.78, 5) is 39.3. The van der Waals surface area contributed by atoms with E-state index in [1.165, 1.54) is 30.2 Å². The normalized spacial score (nSPS) is 15.9. The highest BCUT2D eigenvalue weighted by Crippen LogP contribution is 2.33. The second-order valence-electron chi connectivity index (χ2n) is 7.63. The standard InChI is InChI=1S/C23H25N3O5/c1-16(21(28)26(2)23(15-24)12-6-3-7-13-23)31-22(29)17-9-4-5-10-18(17)25-20(27)19-11-8-14-30-19/h4-5,8-11,14,16H,3,6-7,12-13H2,1-2H3,(H,25,27)/t16-/m0/s1. The number of hydrogen-bond donors (Lipinski definition) is 1. The smallest absolute Gasteiger partial charge is 0.341 e. The molecule has 1 atom stereocenters. The van der Waals surface area contributed by atoms with Crippen LogP contribution in [-0.4, -0.2) is 41.4 Å². The summed E-state index contributed by atoms with van der Waals surface area (Å²) in [6.45, 7) is 1.48. The molecule has 1 N–H and O–H groups in total. The number of rotatable bonds is 6. The molecule has 8 heteroatoms. The van der Waals surface area contributed by atoms with Gasteiger partial charge in [0, 0.05) is 7.05 Å². The number of nitriles is 1. The van der Waals surface area contributed by atoms with Gasteiger partial charge in [-0.25, -0.2) is 4.79 Å². The fraction of sp³-hybridized carbons (Fsp3) is 0.391. The van der Waals surface area contributed by atoms with Gasteiger partial charge in [-0.15, -0.1) is 0 Å². The highest BCUT2D eigenvalue weighted by Gasteiger charge is 2.40. The van der Waals surface area contributed by atoms with E-state index in [2.05, 4.69) is 11.4 Å². The molecule has 2 amide bonds. The van der Waals surface area contributed by atoms with Crippen molar-refractivity contribution in [2.75, 3.05) is 12.4 Å². The lowest BCUT2D eigenvalue weighted by Crippen LogP contribution is -2.53. The molecule has 0 bridgehead atoms. The minimum absolute atomic E-state index is 0.0997. The van der Waals surface area contributed by atoms with Crippen LogP contribution in [-0.2, 0) is 9.53 Å². The molecule has 1 aromatic carbocycles. The van der Waals surface area contributed by atoms with Gasteiger partial charge in [-0.1, -0.05) is 31.4 Å². The average Bonchev–Trinajstić information content (AvgIpc) is 3.34. The van der Waals surface area contributed by atoms with E-state index in [9.17, 15) is 19.6 Å². The Hall–Kier alpha value is -3.60. The van der Waals surface area contributed by atoms with Crippen LogP contribution in [0.3, 0.4) is 0 Å². The SMILES string of the molecule is C[C@H](OC(=O)c1ccccc1NC(=O)c1ccco1)C(=O)N(C)C1(C#N)CCCCC1. The van der Waals surface area contributed by atoms with Crippen molar-refractivity contribution in [3.8, 4) is 6.07 Å². The first-order valence-corrected chi connectivity index (χ1v) is 10.2. The molecule has 0 aliphatic heterocycles. The molecule has 31 heavy (non-hydrogen) atoms. The summed E-state index contributed by atoms with van der Waals surface area (Å²) >= 11 is 0. The Kier molecular flexibility index (Phi) is 6.75. The number of carbonyl (C=O) groups excluding carboxylic acids is 3. The number of nitrogens with zero attached hydrogens (tertiary/aromatic N) is 2. The Morgan fingerprint density at radius 1 is 1.16 bits per heavy atom. The lowest BCUT2D eigenvalue weighted by molar-refractivity contribution is -0.143. The van der Waals surface area contributed by atoms with Gasteiger partial charge in [0.15, 0.2) is 11.9 Å². The molecule has 3 rings (SSSR count). The van der Waals surface area contributed by atoms with Gasteiger partial charge in [0.2, 0.25) is 0 Å². The van der Waals surface area contributed by atoms with Crippen LogP contribution in [0.15, 0.2) is 47.1 Å². The van der Waals surface area contributed by atoms with Gasteiger partial charge < -0.3 is 19.4 Å². The molecule has 2 aromatic rings. The second-order valence-corrected chi connectivity index (χ2v) is 7.63. The minimum atomic E-state index is -1.08. The van der Waals surface area contributed by atoms with Gasteiger partial charge in [0.05, 0.1) is 23.6 Å². The van der Waals surface area contributed by atoms with Crippen molar-refractivity contribution in [2.45, 2.75) is 50.7 Å². The summed E-state index contributed by atoms with van der Waals surface area (Å²) in [5, 5.41) is 12.3. The van der Waals surface area contributed by atoms with Gasteiger partial charge in [0.1, 0.15) is 5.54 Å². The minimum Gasteiger partial charge on any atom is -0.459 e. The summed E-state index contributed by atoms with van der Waals surface area (Å²) in [5.74, 6) is -1.60. The van der Waals surface area contributed by atoms with Gasteiger partial charge in [0.25, 0.3) is 11.8 Å². The fourth-order valence-electron chi connectivity index (χ4n) is 3.78. The number of para-hydroxylation sites is 1. The van der Waals surface area contributed by atoms with Crippen LogP contribution in [0.4, 0.5) is 5.69 Å². The molecule has 0 radical (unpaired) electrons. The van der Waals surface area contributed by atoms with Crippen molar-refractivity contribution in [3.63, 3.8) is 0 Å². The predicted molar refractivity (Wildman–Crippen MR) is 112 cm³/mol. The van der Waals surface area contributed by atoms with E-state index in [0.717, 1.165) is 19.3 Å². The lowest BCUT2D eigenvalue weighted by Gasteiger charge is -2.39. The average molecular weight is 423 g/mol. The molecule has 0 unspecified atom stereocenters. The quantitative estimate of drug-likeness (QED) is 0.708. The number of benzene rings is 1. The van der Waals surface area contributed by atoms with E-state index in [0.29, 0.717) is 12.8 Å². The maximum Gasteiger partial charge on any atom is 0.341 e. The van der Waals surface area contributed by atoms with Crippen LogP contribution >= 0.6 is 0 Å². The van der Waals surface area contributed by atoms with Crippen LogP contribution in [0.1, 0.15) is 59.9 Å². The summed E-state index contributed by atoms with van der Waals surface area (Å²) in [7, 11) is 1.58. The number of carbonyl (C=O) groups is 3. The van der Waals surface area contributed by atoms with Crippen molar-refractivity contribution >= 4 is 23.5 Å². The summed E-state index contributed by atoms with van der Waals surface area (Å²) in [6.07, 6.45) is 4.29. The third-order valence-corrected chi connectivity index (χ3v) is 5.63. The van der Waals surface area contributed by atoms with E-state index >= 15 is 0 Å². The molecule has 1 saturated carbocycles. The van der Waals surface area contributed by atoms with Crippen molar-refractivity contribution in [1.82, 2.24) is 4.90 Å². The van der Waals surface area contributed by atoms with E-state index in [1.807, 2.05) is 0 Å². The molecule has 0 spiro atoms. The van der Waals surface area contributed by atoms with E-state index in [4.69, 9.17) is 9.15 Å². The zero-order valence-corrected chi connectivity index (χ0v) is 17.6. The molecule has 1 aliphatic rings. The number of esters is 1. The zero-order valence-electron chi connectivity index (χ0n) is 17.6. The van der Waals surface area contributed by atoms with Crippen LogP contribution in [0.25, 0.3) is 0 Å². The van der Waals surface area contributed by atoms with Crippen LogP contribution < -0.4 is 5.32 Å². The molecular weight excluding hydrogens is 398 g/mol. The summed E-state index contributed by atoms with van der Waals surface area (Å²) in [5.41, 5.74) is -0.523. The van der Waals surface area contributed by atoms with Gasteiger partial charge >= 0.3 is 5.97 Å². The summed E-state index contributed by atoms with van der Waals surface area (Å²) in [6, 6.07) is 11.7. The van der Waals surface area contributed by atoms with E-state index < -0.39 is 29.4 Å². The molecule has 0 saturated heterocycles. The molecular formula is C23H25N3O5. The fourth-order valence-corrected chi connectivity index (χ4v) is 3.78. The Labute approximate surface area is 180 Å². The number of furan rings is 1. The van der Waals surface area contributed by atoms with Crippen molar-refractivity contribution < 1.29 is 23.5 Å². The predicted octanol–water partition coefficient (Wildman–Crippen LogP) is 3.76. The molecule has 1 heterocycles. The maximum absolute atomic E-state index is 12.9. The number of amides is 2.